The molecular weight excluding hydrogens is 244 g/mol. The van der Waals surface area contributed by atoms with E-state index in [0.29, 0.717) is 5.92 Å². The van der Waals surface area contributed by atoms with Gasteiger partial charge in [0.1, 0.15) is 11.6 Å². The lowest BCUT2D eigenvalue weighted by atomic mass is 9.85. The molecule has 0 aliphatic heterocycles. The average molecular weight is 269 g/mol. The average Bonchev–Trinajstić information content (AvgIpc) is 2.26. The van der Waals surface area contributed by atoms with E-state index in [1.165, 1.54) is 12.1 Å². The molecule has 0 saturated carbocycles. The second kappa shape index (κ2) is 6.47. The summed E-state index contributed by atoms with van der Waals surface area (Å²) in [5.41, 5.74) is 0.737. The first-order chi connectivity index (χ1) is 8.73. The molecule has 0 aliphatic rings. The zero-order valence-electron chi connectivity index (χ0n) is 12.6. The van der Waals surface area contributed by atoms with E-state index in [1.54, 1.807) is 0 Å². The van der Waals surface area contributed by atoms with E-state index >= 15 is 0 Å². The summed E-state index contributed by atoms with van der Waals surface area (Å²) in [7, 11) is 0. The minimum atomic E-state index is -0.501. The van der Waals surface area contributed by atoms with E-state index in [1.807, 2.05) is 0 Å². The van der Waals surface area contributed by atoms with Gasteiger partial charge in [0.15, 0.2) is 0 Å². The topological polar surface area (TPSA) is 12.0 Å². The zero-order valence-corrected chi connectivity index (χ0v) is 12.6. The summed E-state index contributed by atoms with van der Waals surface area (Å²) in [5.74, 6) is -0.511. The van der Waals surface area contributed by atoms with Crippen molar-refractivity contribution in [2.75, 3.05) is 6.54 Å². The molecule has 1 aromatic rings. The van der Waals surface area contributed by atoms with Crippen molar-refractivity contribution in [2.24, 2.45) is 5.92 Å². The molecule has 0 fully saturated rings. The van der Waals surface area contributed by atoms with Crippen molar-refractivity contribution in [3.8, 4) is 0 Å². The molecule has 2 atom stereocenters. The van der Waals surface area contributed by atoms with Crippen molar-refractivity contribution in [1.82, 2.24) is 5.32 Å². The molecule has 0 aromatic heterocycles. The Hall–Kier alpha value is -0.960. The summed E-state index contributed by atoms with van der Waals surface area (Å²) in [6.45, 7) is 11.2. The first kappa shape index (κ1) is 16.1. The summed E-state index contributed by atoms with van der Waals surface area (Å²) in [6, 6.07) is 3.82. The fourth-order valence-corrected chi connectivity index (χ4v) is 2.14. The van der Waals surface area contributed by atoms with E-state index in [-0.39, 0.29) is 11.5 Å². The molecule has 1 N–H and O–H groups in total. The van der Waals surface area contributed by atoms with Gasteiger partial charge in [-0.05, 0) is 50.3 Å². The zero-order chi connectivity index (χ0) is 14.6. The van der Waals surface area contributed by atoms with Gasteiger partial charge in [0.25, 0.3) is 0 Å². The van der Waals surface area contributed by atoms with E-state index in [0.717, 1.165) is 24.6 Å². The van der Waals surface area contributed by atoms with Gasteiger partial charge in [-0.2, -0.15) is 0 Å². The van der Waals surface area contributed by atoms with Crippen LogP contribution in [0.5, 0.6) is 0 Å². The summed E-state index contributed by atoms with van der Waals surface area (Å²) >= 11 is 0. The minimum absolute atomic E-state index is 0.00240. The third-order valence-corrected chi connectivity index (χ3v) is 3.50. The molecule has 2 unspecified atom stereocenters. The van der Waals surface area contributed by atoms with Crippen molar-refractivity contribution < 1.29 is 8.78 Å². The lowest BCUT2D eigenvalue weighted by Crippen LogP contribution is -2.39. The highest BCUT2D eigenvalue weighted by atomic mass is 19.1. The van der Waals surface area contributed by atoms with Crippen LogP contribution >= 0.6 is 0 Å². The molecule has 0 radical (unpaired) electrons. The van der Waals surface area contributed by atoms with Gasteiger partial charge < -0.3 is 5.32 Å². The van der Waals surface area contributed by atoms with Crippen LogP contribution in [0.4, 0.5) is 8.78 Å². The molecule has 0 aliphatic carbocycles. The van der Waals surface area contributed by atoms with Crippen LogP contribution in [-0.2, 0) is 0 Å². The maximum Gasteiger partial charge on any atom is 0.126 e. The summed E-state index contributed by atoms with van der Waals surface area (Å²) in [4.78, 5) is 0. The smallest absolute Gasteiger partial charge is 0.126 e. The number of halogens is 2. The largest absolute Gasteiger partial charge is 0.311 e. The van der Waals surface area contributed by atoms with Gasteiger partial charge in [-0.3, -0.25) is 0 Å². The molecule has 1 aromatic carbocycles. The van der Waals surface area contributed by atoms with Gasteiger partial charge in [0, 0.05) is 18.2 Å². The standard InChI is InChI=1S/C16H25F2N/c1-6-11(2)15(10-19-16(3,4)5)12-7-13(17)9-14(18)8-12/h7-9,11,15,19H,6,10H2,1-5H3. The monoisotopic (exact) mass is 269 g/mol. The van der Waals surface area contributed by atoms with Crippen LogP contribution in [0.2, 0.25) is 0 Å². The Kier molecular flexibility index (Phi) is 5.48. The quantitative estimate of drug-likeness (QED) is 0.831. The first-order valence-electron chi connectivity index (χ1n) is 6.94. The lowest BCUT2D eigenvalue weighted by Gasteiger charge is -2.29. The Morgan fingerprint density at radius 1 is 1.11 bits per heavy atom. The number of rotatable bonds is 5. The molecule has 0 spiro atoms. The molecule has 108 valence electrons. The minimum Gasteiger partial charge on any atom is -0.311 e. The fourth-order valence-electron chi connectivity index (χ4n) is 2.14. The Bertz CT molecular complexity index is 389. The molecule has 0 heterocycles. The molecule has 0 saturated heterocycles. The van der Waals surface area contributed by atoms with E-state index in [4.69, 9.17) is 0 Å². The molecule has 1 rings (SSSR count). The molecular formula is C16H25F2N. The van der Waals surface area contributed by atoms with Crippen molar-refractivity contribution in [2.45, 2.75) is 52.5 Å². The predicted octanol–water partition coefficient (Wildman–Crippen LogP) is 4.48. The number of nitrogens with one attached hydrogen (secondary N) is 1. The van der Waals surface area contributed by atoms with Crippen LogP contribution in [0, 0.1) is 17.6 Å². The molecule has 1 nitrogen and oxygen atoms in total. The summed E-state index contributed by atoms with van der Waals surface area (Å²) in [6.07, 6.45) is 0.981. The van der Waals surface area contributed by atoms with Crippen molar-refractivity contribution >= 4 is 0 Å². The highest BCUT2D eigenvalue weighted by molar-refractivity contribution is 5.23. The van der Waals surface area contributed by atoms with Gasteiger partial charge in [0.2, 0.25) is 0 Å². The third-order valence-electron chi connectivity index (χ3n) is 3.50. The van der Waals surface area contributed by atoms with Gasteiger partial charge >= 0.3 is 0 Å². The maximum atomic E-state index is 13.4. The van der Waals surface area contributed by atoms with Crippen LogP contribution in [0.3, 0.4) is 0 Å². The SMILES string of the molecule is CCC(C)C(CNC(C)(C)C)c1cc(F)cc(F)c1. The fraction of sp³-hybridized carbons (Fsp3) is 0.625. The number of hydrogen-bond donors (Lipinski definition) is 1. The molecule has 19 heavy (non-hydrogen) atoms. The first-order valence-corrected chi connectivity index (χ1v) is 6.94. The van der Waals surface area contributed by atoms with Crippen molar-refractivity contribution in [3.63, 3.8) is 0 Å². The Morgan fingerprint density at radius 2 is 1.63 bits per heavy atom. The molecule has 0 bridgehead atoms. The molecule has 3 heteroatoms. The Balaban J connectivity index is 2.96. The molecule has 0 amide bonds. The van der Waals surface area contributed by atoms with Crippen molar-refractivity contribution in [1.29, 1.82) is 0 Å². The van der Waals surface area contributed by atoms with E-state index < -0.39 is 11.6 Å². The lowest BCUT2D eigenvalue weighted by molar-refractivity contribution is 0.354. The van der Waals surface area contributed by atoms with Gasteiger partial charge in [-0.1, -0.05) is 20.3 Å². The van der Waals surface area contributed by atoms with Gasteiger partial charge in [-0.25, -0.2) is 8.78 Å². The summed E-state index contributed by atoms with van der Waals surface area (Å²) in [5, 5.41) is 3.43. The maximum absolute atomic E-state index is 13.4. The van der Waals surface area contributed by atoms with Gasteiger partial charge in [0.05, 0.1) is 0 Å². The third kappa shape index (κ3) is 5.27. The predicted molar refractivity (Wildman–Crippen MR) is 76.3 cm³/mol. The second-order valence-corrected chi connectivity index (χ2v) is 6.33. The van der Waals surface area contributed by atoms with Gasteiger partial charge in [-0.15, -0.1) is 0 Å². The van der Waals surface area contributed by atoms with Crippen LogP contribution < -0.4 is 5.32 Å². The van der Waals surface area contributed by atoms with E-state index in [9.17, 15) is 8.78 Å². The number of benzene rings is 1. The highest BCUT2D eigenvalue weighted by Gasteiger charge is 2.21. The van der Waals surface area contributed by atoms with Crippen molar-refractivity contribution in [3.05, 3.63) is 35.4 Å². The number of hydrogen-bond acceptors (Lipinski definition) is 1. The highest BCUT2D eigenvalue weighted by Crippen LogP contribution is 2.28. The second-order valence-electron chi connectivity index (χ2n) is 6.33. The van der Waals surface area contributed by atoms with Crippen LogP contribution in [-0.4, -0.2) is 12.1 Å². The van der Waals surface area contributed by atoms with Crippen LogP contribution in [0.1, 0.15) is 52.5 Å². The van der Waals surface area contributed by atoms with Crippen LogP contribution in [0.15, 0.2) is 18.2 Å². The normalized spacial score (nSPS) is 15.3. The Labute approximate surface area is 115 Å². The van der Waals surface area contributed by atoms with Crippen LogP contribution in [0.25, 0.3) is 0 Å². The Morgan fingerprint density at radius 3 is 2.05 bits per heavy atom. The van der Waals surface area contributed by atoms with E-state index in [2.05, 4.69) is 39.9 Å². The summed E-state index contributed by atoms with van der Waals surface area (Å²) < 4.78 is 26.7.